The Morgan fingerprint density at radius 1 is 1.36 bits per heavy atom. The van der Waals surface area contributed by atoms with E-state index < -0.39 is 0 Å². The van der Waals surface area contributed by atoms with Gasteiger partial charge in [0.2, 0.25) is 5.91 Å². The van der Waals surface area contributed by atoms with Gasteiger partial charge in [-0.15, -0.1) is 0 Å². The second-order valence-electron chi connectivity index (χ2n) is 6.70. The van der Waals surface area contributed by atoms with Crippen LogP contribution in [0.1, 0.15) is 45.6 Å². The molecule has 3 amide bonds. The van der Waals surface area contributed by atoms with Crippen molar-refractivity contribution in [2.45, 2.75) is 58.8 Å². The molecule has 1 aliphatic heterocycles. The molecule has 0 saturated carbocycles. The molecular weight excluding hydrogens is 318 g/mol. The lowest BCUT2D eigenvalue weighted by Crippen LogP contribution is -2.50. The Morgan fingerprint density at radius 2 is 2.16 bits per heavy atom. The highest BCUT2D eigenvalue weighted by Gasteiger charge is 2.24. The highest BCUT2D eigenvalue weighted by molar-refractivity contribution is 5.89. The van der Waals surface area contributed by atoms with Crippen LogP contribution in [0.15, 0.2) is 24.3 Å². The summed E-state index contributed by atoms with van der Waals surface area (Å²) in [5, 5.41) is 5.92. The first-order valence-corrected chi connectivity index (χ1v) is 9.03. The van der Waals surface area contributed by atoms with Gasteiger partial charge in [-0.1, -0.05) is 19.1 Å². The van der Waals surface area contributed by atoms with Crippen LogP contribution in [-0.4, -0.2) is 42.1 Å². The number of carbonyl (C=O) groups is 2. The molecule has 0 bridgehead atoms. The predicted molar refractivity (Wildman–Crippen MR) is 98.4 cm³/mol. The standard InChI is InChI=1S/C19H29N3O3/c1-4-18(23)20-17-9-6-10-22(12-17)19(24)21-16-8-5-7-15(11-16)13-25-14(2)3/h5,7-8,11,14,17H,4,6,9-10,12-13H2,1-3H3,(H,20,23)(H,21,24)/t17-/m1/s1. The van der Waals surface area contributed by atoms with Gasteiger partial charge in [0.05, 0.1) is 12.7 Å². The van der Waals surface area contributed by atoms with E-state index in [2.05, 4.69) is 10.6 Å². The minimum absolute atomic E-state index is 0.0325. The van der Waals surface area contributed by atoms with E-state index in [4.69, 9.17) is 4.74 Å². The molecule has 138 valence electrons. The third-order valence-corrected chi connectivity index (χ3v) is 4.16. The lowest BCUT2D eigenvalue weighted by Gasteiger charge is -2.33. The number of hydrogen-bond donors (Lipinski definition) is 2. The topological polar surface area (TPSA) is 70.7 Å². The summed E-state index contributed by atoms with van der Waals surface area (Å²) in [7, 11) is 0. The number of likely N-dealkylation sites (tertiary alicyclic amines) is 1. The van der Waals surface area contributed by atoms with Crippen molar-refractivity contribution in [2.24, 2.45) is 0 Å². The fourth-order valence-electron chi connectivity index (χ4n) is 2.81. The van der Waals surface area contributed by atoms with Crippen molar-refractivity contribution in [3.63, 3.8) is 0 Å². The van der Waals surface area contributed by atoms with Crippen LogP contribution in [0, 0.1) is 0 Å². The second kappa shape index (κ2) is 9.42. The number of carbonyl (C=O) groups excluding carboxylic acids is 2. The van der Waals surface area contributed by atoms with Crippen LogP contribution < -0.4 is 10.6 Å². The monoisotopic (exact) mass is 347 g/mol. The Hall–Kier alpha value is -2.08. The fraction of sp³-hybridized carbons (Fsp3) is 0.579. The first-order chi connectivity index (χ1) is 12.0. The third kappa shape index (κ3) is 6.38. The van der Waals surface area contributed by atoms with Crippen LogP contribution in [0.4, 0.5) is 10.5 Å². The van der Waals surface area contributed by atoms with Crippen molar-refractivity contribution < 1.29 is 14.3 Å². The normalized spacial score (nSPS) is 17.4. The number of hydrogen-bond acceptors (Lipinski definition) is 3. The van der Waals surface area contributed by atoms with Crippen molar-refractivity contribution in [1.29, 1.82) is 0 Å². The Bertz CT molecular complexity index is 589. The number of rotatable bonds is 6. The molecule has 25 heavy (non-hydrogen) atoms. The van der Waals surface area contributed by atoms with E-state index in [1.165, 1.54) is 0 Å². The minimum Gasteiger partial charge on any atom is -0.374 e. The zero-order chi connectivity index (χ0) is 18.2. The van der Waals surface area contributed by atoms with Gasteiger partial charge in [0.25, 0.3) is 0 Å². The molecule has 0 aliphatic carbocycles. The predicted octanol–water partition coefficient (Wildman–Crippen LogP) is 3.13. The van der Waals surface area contributed by atoms with Crippen molar-refractivity contribution >= 4 is 17.6 Å². The number of ether oxygens (including phenoxy) is 1. The van der Waals surface area contributed by atoms with Crippen molar-refractivity contribution in [3.8, 4) is 0 Å². The first-order valence-electron chi connectivity index (χ1n) is 9.03. The molecule has 1 aliphatic rings. The maximum Gasteiger partial charge on any atom is 0.321 e. The Balaban J connectivity index is 1.90. The second-order valence-corrected chi connectivity index (χ2v) is 6.70. The number of benzene rings is 1. The van der Waals surface area contributed by atoms with E-state index >= 15 is 0 Å². The molecule has 0 unspecified atom stereocenters. The first kappa shape index (κ1) is 19.2. The van der Waals surface area contributed by atoms with E-state index in [0.29, 0.717) is 26.1 Å². The summed E-state index contributed by atoms with van der Waals surface area (Å²) in [6.45, 7) is 7.61. The molecule has 1 aromatic carbocycles. The van der Waals surface area contributed by atoms with Crippen LogP contribution in [0.3, 0.4) is 0 Å². The zero-order valence-corrected chi connectivity index (χ0v) is 15.4. The molecule has 0 aromatic heterocycles. The Morgan fingerprint density at radius 3 is 2.88 bits per heavy atom. The van der Waals surface area contributed by atoms with E-state index in [1.807, 2.05) is 45.0 Å². The van der Waals surface area contributed by atoms with E-state index in [9.17, 15) is 9.59 Å². The van der Waals surface area contributed by atoms with Crippen molar-refractivity contribution in [2.75, 3.05) is 18.4 Å². The number of anilines is 1. The van der Waals surface area contributed by atoms with Crippen LogP contribution >= 0.6 is 0 Å². The molecule has 1 saturated heterocycles. The maximum absolute atomic E-state index is 12.5. The summed E-state index contributed by atoms with van der Waals surface area (Å²) in [6.07, 6.45) is 2.44. The molecule has 2 rings (SSSR count). The molecule has 1 atom stereocenters. The number of nitrogens with one attached hydrogen (secondary N) is 2. The lowest BCUT2D eigenvalue weighted by molar-refractivity contribution is -0.121. The molecule has 0 radical (unpaired) electrons. The number of piperidine rings is 1. The zero-order valence-electron chi connectivity index (χ0n) is 15.4. The van der Waals surface area contributed by atoms with Gasteiger partial charge in [0, 0.05) is 31.2 Å². The van der Waals surface area contributed by atoms with Crippen molar-refractivity contribution in [1.82, 2.24) is 10.2 Å². The molecular formula is C19H29N3O3. The van der Waals surface area contributed by atoms with E-state index in [1.54, 1.807) is 4.90 Å². The molecule has 6 heteroatoms. The number of urea groups is 1. The third-order valence-electron chi connectivity index (χ3n) is 4.16. The molecule has 1 fully saturated rings. The highest BCUT2D eigenvalue weighted by Crippen LogP contribution is 2.15. The molecule has 1 heterocycles. The number of nitrogens with zero attached hydrogens (tertiary/aromatic N) is 1. The average molecular weight is 347 g/mol. The summed E-state index contributed by atoms with van der Waals surface area (Å²) in [5.41, 5.74) is 1.79. The van der Waals surface area contributed by atoms with Crippen molar-refractivity contribution in [3.05, 3.63) is 29.8 Å². The molecule has 0 spiro atoms. The van der Waals surface area contributed by atoms with Crippen LogP contribution in [0.2, 0.25) is 0 Å². The smallest absolute Gasteiger partial charge is 0.321 e. The summed E-state index contributed by atoms with van der Waals surface area (Å²) < 4.78 is 5.60. The summed E-state index contributed by atoms with van der Waals surface area (Å²) in [4.78, 5) is 25.8. The van der Waals surface area contributed by atoms with E-state index in [-0.39, 0.29) is 24.1 Å². The summed E-state index contributed by atoms with van der Waals surface area (Å²) in [6, 6.07) is 7.61. The average Bonchev–Trinajstić information content (AvgIpc) is 2.60. The summed E-state index contributed by atoms with van der Waals surface area (Å²) in [5.74, 6) is 0.0325. The van der Waals surface area contributed by atoms with Gasteiger partial charge >= 0.3 is 6.03 Å². The highest BCUT2D eigenvalue weighted by atomic mass is 16.5. The molecule has 6 nitrogen and oxygen atoms in total. The van der Waals surface area contributed by atoms with Gasteiger partial charge < -0.3 is 20.3 Å². The Labute approximate surface area is 149 Å². The largest absolute Gasteiger partial charge is 0.374 e. The van der Waals surface area contributed by atoms with Gasteiger partial charge in [-0.25, -0.2) is 4.79 Å². The molecule has 1 aromatic rings. The Kier molecular flexibility index (Phi) is 7.25. The maximum atomic E-state index is 12.5. The van der Waals surface area contributed by atoms with E-state index in [0.717, 1.165) is 24.1 Å². The van der Waals surface area contributed by atoms with Crippen LogP contribution in [0.25, 0.3) is 0 Å². The number of amides is 3. The summed E-state index contributed by atoms with van der Waals surface area (Å²) >= 11 is 0. The van der Waals surface area contributed by atoms with Gasteiger partial charge in [-0.3, -0.25) is 4.79 Å². The lowest BCUT2D eigenvalue weighted by atomic mass is 10.1. The minimum atomic E-state index is -0.127. The quantitative estimate of drug-likeness (QED) is 0.830. The van der Waals surface area contributed by atoms with Crippen LogP contribution in [-0.2, 0) is 16.1 Å². The van der Waals surface area contributed by atoms with Gasteiger partial charge in [-0.2, -0.15) is 0 Å². The fourth-order valence-corrected chi connectivity index (χ4v) is 2.81. The van der Waals surface area contributed by atoms with Crippen LogP contribution in [0.5, 0.6) is 0 Å². The van der Waals surface area contributed by atoms with Gasteiger partial charge in [0.15, 0.2) is 0 Å². The van der Waals surface area contributed by atoms with Gasteiger partial charge in [-0.05, 0) is 44.4 Å². The molecule has 2 N–H and O–H groups in total. The SMILES string of the molecule is CCC(=O)N[C@@H]1CCCN(C(=O)Nc2cccc(COC(C)C)c2)C1. The van der Waals surface area contributed by atoms with Gasteiger partial charge in [0.1, 0.15) is 0 Å².